The topological polar surface area (TPSA) is 29.1 Å². The van der Waals surface area contributed by atoms with Crippen LogP contribution in [0.15, 0.2) is 53.4 Å². The van der Waals surface area contributed by atoms with Gasteiger partial charge in [0.1, 0.15) is 5.82 Å². The van der Waals surface area contributed by atoms with Crippen LogP contribution in [-0.2, 0) is 11.2 Å². The van der Waals surface area contributed by atoms with Crippen molar-refractivity contribution in [1.82, 2.24) is 5.32 Å². The number of amides is 1. The molecule has 2 atom stereocenters. The SMILES string of the molecule is C[C@@H](NC(=O)[C@H]1Cc2ccccc2S1)c1ccccc1F. The Bertz CT molecular complexity index is 648. The molecule has 21 heavy (non-hydrogen) atoms. The van der Waals surface area contributed by atoms with Crippen molar-refractivity contribution in [1.29, 1.82) is 0 Å². The largest absolute Gasteiger partial charge is 0.348 e. The first-order valence-electron chi connectivity index (χ1n) is 6.94. The quantitative estimate of drug-likeness (QED) is 0.936. The summed E-state index contributed by atoms with van der Waals surface area (Å²) < 4.78 is 13.7. The minimum absolute atomic E-state index is 0.0352. The Kier molecular flexibility index (Phi) is 3.97. The number of carbonyl (C=O) groups is 1. The Balaban J connectivity index is 1.67. The summed E-state index contributed by atoms with van der Waals surface area (Å²) in [6.45, 7) is 1.81. The highest BCUT2D eigenvalue weighted by Gasteiger charge is 2.29. The monoisotopic (exact) mass is 301 g/mol. The molecule has 1 amide bonds. The van der Waals surface area contributed by atoms with Crippen LogP contribution in [-0.4, -0.2) is 11.2 Å². The molecule has 0 unspecified atom stereocenters. The van der Waals surface area contributed by atoms with Gasteiger partial charge in [0.25, 0.3) is 0 Å². The number of carbonyl (C=O) groups excluding carboxylic acids is 1. The molecular formula is C17H16FNOS. The van der Waals surface area contributed by atoms with E-state index in [1.807, 2.05) is 25.1 Å². The molecule has 0 aromatic heterocycles. The summed E-state index contributed by atoms with van der Waals surface area (Å²) in [5.41, 5.74) is 1.73. The molecule has 0 radical (unpaired) electrons. The number of thioether (sulfide) groups is 1. The van der Waals surface area contributed by atoms with Crippen molar-refractivity contribution in [3.63, 3.8) is 0 Å². The number of fused-ring (bicyclic) bond motifs is 1. The molecule has 1 heterocycles. The zero-order chi connectivity index (χ0) is 14.8. The molecule has 2 nitrogen and oxygen atoms in total. The van der Waals surface area contributed by atoms with E-state index >= 15 is 0 Å². The van der Waals surface area contributed by atoms with E-state index in [0.29, 0.717) is 5.56 Å². The summed E-state index contributed by atoms with van der Waals surface area (Å²) in [5.74, 6) is -0.320. The van der Waals surface area contributed by atoms with Gasteiger partial charge in [-0.2, -0.15) is 0 Å². The van der Waals surface area contributed by atoms with Crippen LogP contribution in [0.4, 0.5) is 4.39 Å². The Labute approximate surface area is 127 Å². The van der Waals surface area contributed by atoms with E-state index < -0.39 is 0 Å². The average molecular weight is 301 g/mol. The number of rotatable bonds is 3. The van der Waals surface area contributed by atoms with Gasteiger partial charge in [0.15, 0.2) is 0 Å². The molecule has 0 saturated heterocycles. The first-order chi connectivity index (χ1) is 10.1. The summed E-state index contributed by atoms with van der Waals surface area (Å²) in [7, 11) is 0. The molecule has 1 aliphatic heterocycles. The highest BCUT2D eigenvalue weighted by molar-refractivity contribution is 8.01. The predicted molar refractivity (Wildman–Crippen MR) is 82.7 cm³/mol. The number of halogens is 1. The molecule has 0 bridgehead atoms. The highest BCUT2D eigenvalue weighted by Crippen LogP contribution is 2.37. The average Bonchev–Trinajstić information content (AvgIpc) is 2.91. The van der Waals surface area contributed by atoms with Crippen molar-refractivity contribution in [2.75, 3.05) is 0 Å². The van der Waals surface area contributed by atoms with Gasteiger partial charge in [0.05, 0.1) is 11.3 Å². The van der Waals surface area contributed by atoms with E-state index in [1.165, 1.54) is 11.6 Å². The van der Waals surface area contributed by atoms with Gasteiger partial charge >= 0.3 is 0 Å². The van der Waals surface area contributed by atoms with Crippen LogP contribution in [0.3, 0.4) is 0 Å². The lowest BCUT2D eigenvalue weighted by molar-refractivity contribution is -0.121. The third kappa shape index (κ3) is 2.95. The molecule has 0 spiro atoms. The predicted octanol–water partition coefficient (Wildman–Crippen LogP) is 3.72. The fourth-order valence-corrected chi connectivity index (χ4v) is 3.74. The van der Waals surface area contributed by atoms with Gasteiger partial charge in [-0.3, -0.25) is 4.79 Å². The standard InChI is InChI=1S/C17H16FNOS/c1-11(13-7-3-4-8-14(13)18)19-17(20)16-10-12-6-2-5-9-15(12)21-16/h2-9,11,16H,10H2,1H3,(H,19,20)/t11-,16-/m1/s1. The van der Waals surface area contributed by atoms with Crippen LogP contribution in [0.25, 0.3) is 0 Å². The van der Waals surface area contributed by atoms with Crippen LogP contribution in [0.5, 0.6) is 0 Å². The second-order valence-electron chi connectivity index (χ2n) is 5.17. The smallest absolute Gasteiger partial charge is 0.234 e. The maximum atomic E-state index is 13.7. The summed E-state index contributed by atoms with van der Waals surface area (Å²) >= 11 is 1.58. The molecule has 108 valence electrons. The lowest BCUT2D eigenvalue weighted by Crippen LogP contribution is -2.34. The van der Waals surface area contributed by atoms with E-state index in [0.717, 1.165) is 11.3 Å². The summed E-state index contributed by atoms with van der Waals surface area (Å²) in [6.07, 6.45) is 0.733. The molecule has 4 heteroatoms. The van der Waals surface area contributed by atoms with Crippen molar-refractivity contribution in [2.24, 2.45) is 0 Å². The van der Waals surface area contributed by atoms with Gasteiger partial charge in [-0.05, 0) is 31.0 Å². The second-order valence-corrected chi connectivity index (χ2v) is 6.41. The third-order valence-corrected chi connectivity index (χ3v) is 4.99. The van der Waals surface area contributed by atoms with Crippen LogP contribution in [0.1, 0.15) is 24.1 Å². The first kappa shape index (κ1) is 14.1. The summed E-state index contributed by atoms with van der Waals surface area (Å²) in [6, 6.07) is 14.3. The van der Waals surface area contributed by atoms with Crippen LogP contribution < -0.4 is 5.32 Å². The second kappa shape index (κ2) is 5.90. The van der Waals surface area contributed by atoms with E-state index in [9.17, 15) is 9.18 Å². The van der Waals surface area contributed by atoms with E-state index in [-0.39, 0.29) is 23.0 Å². The Morgan fingerprint density at radius 3 is 2.71 bits per heavy atom. The first-order valence-corrected chi connectivity index (χ1v) is 7.82. The Hall–Kier alpha value is -1.81. The van der Waals surface area contributed by atoms with Gasteiger partial charge in [0, 0.05) is 10.5 Å². The van der Waals surface area contributed by atoms with Gasteiger partial charge in [-0.25, -0.2) is 4.39 Å². The van der Waals surface area contributed by atoms with Crippen LogP contribution in [0, 0.1) is 5.82 Å². The molecule has 0 fully saturated rings. The zero-order valence-corrected chi connectivity index (χ0v) is 12.5. The maximum absolute atomic E-state index is 13.7. The number of hydrogen-bond donors (Lipinski definition) is 1. The molecule has 2 aromatic carbocycles. The number of benzene rings is 2. The minimum atomic E-state index is -0.331. The minimum Gasteiger partial charge on any atom is -0.348 e. The molecular weight excluding hydrogens is 285 g/mol. The van der Waals surface area contributed by atoms with Crippen molar-refractivity contribution < 1.29 is 9.18 Å². The van der Waals surface area contributed by atoms with Gasteiger partial charge < -0.3 is 5.32 Å². The Morgan fingerprint density at radius 2 is 1.95 bits per heavy atom. The van der Waals surface area contributed by atoms with Crippen molar-refractivity contribution in [3.8, 4) is 0 Å². The lowest BCUT2D eigenvalue weighted by Gasteiger charge is -2.17. The van der Waals surface area contributed by atoms with E-state index in [1.54, 1.807) is 30.0 Å². The molecule has 2 aromatic rings. The molecule has 0 saturated carbocycles. The summed E-state index contributed by atoms with van der Waals surface area (Å²) in [5, 5.41) is 2.79. The maximum Gasteiger partial charge on any atom is 0.234 e. The summed E-state index contributed by atoms with van der Waals surface area (Å²) in [4.78, 5) is 13.5. The fraction of sp³-hybridized carbons (Fsp3) is 0.235. The third-order valence-electron chi connectivity index (χ3n) is 3.67. The van der Waals surface area contributed by atoms with E-state index in [4.69, 9.17) is 0 Å². The van der Waals surface area contributed by atoms with Crippen LogP contribution in [0.2, 0.25) is 0 Å². The molecule has 1 aliphatic rings. The van der Waals surface area contributed by atoms with E-state index in [2.05, 4.69) is 11.4 Å². The van der Waals surface area contributed by atoms with Crippen molar-refractivity contribution in [3.05, 3.63) is 65.5 Å². The fourth-order valence-electron chi connectivity index (χ4n) is 2.54. The normalized spacial score (nSPS) is 18.1. The Morgan fingerprint density at radius 1 is 1.24 bits per heavy atom. The lowest BCUT2D eigenvalue weighted by atomic mass is 10.1. The van der Waals surface area contributed by atoms with Crippen molar-refractivity contribution >= 4 is 17.7 Å². The van der Waals surface area contributed by atoms with Gasteiger partial charge in [-0.15, -0.1) is 11.8 Å². The molecule has 3 rings (SSSR count). The number of nitrogens with one attached hydrogen (secondary N) is 1. The van der Waals surface area contributed by atoms with Crippen molar-refractivity contribution in [2.45, 2.75) is 29.5 Å². The molecule has 1 N–H and O–H groups in total. The zero-order valence-electron chi connectivity index (χ0n) is 11.7. The highest BCUT2D eigenvalue weighted by atomic mass is 32.2. The van der Waals surface area contributed by atoms with Crippen LogP contribution >= 0.6 is 11.8 Å². The number of hydrogen-bond acceptors (Lipinski definition) is 2. The van der Waals surface area contributed by atoms with Gasteiger partial charge in [0.2, 0.25) is 5.91 Å². The van der Waals surface area contributed by atoms with Gasteiger partial charge in [-0.1, -0.05) is 36.4 Å². The molecule has 0 aliphatic carbocycles.